The maximum Gasteiger partial charge on any atom is 0.0928 e. The molecule has 0 spiro atoms. The number of benzene rings is 1. The first kappa shape index (κ1) is 13.2. The molecule has 0 fully saturated rings. The smallest absolute Gasteiger partial charge is 0.0928 e. The van der Waals surface area contributed by atoms with Gasteiger partial charge in [0.25, 0.3) is 0 Å². The van der Waals surface area contributed by atoms with E-state index in [2.05, 4.69) is 52.0 Å². The molecule has 0 aromatic heterocycles. The zero-order valence-corrected chi connectivity index (χ0v) is 11.0. The van der Waals surface area contributed by atoms with Crippen LogP contribution in [0.15, 0.2) is 24.3 Å². The molecule has 0 saturated heterocycles. The summed E-state index contributed by atoms with van der Waals surface area (Å²) in [6, 6.07) is 8.67. The lowest BCUT2D eigenvalue weighted by Gasteiger charge is -2.34. The van der Waals surface area contributed by atoms with Crippen molar-refractivity contribution in [3.8, 4) is 0 Å². The largest absolute Gasteiger partial charge is 0.371 e. The minimum Gasteiger partial charge on any atom is -0.371 e. The maximum atomic E-state index is 6.06. The van der Waals surface area contributed by atoms with Crippen molar-refractivity contribution >= 4 is 0 Å². The van der Waals surface area contributed by atoms with E-state index in [1.54, 1.807) is 0 Å². The molecular weight excluding hydrogens is 196 g/mol. The Balaban J connectivity index is 3.18. The topological polar surface area (TPSA) is 9.23 Å². The molecule has 0 aliphatic heterocycles. The van der Waals surface area contributed by atoms with E-state index < -0.39 is 0 Å². The summed E-state index contributed by atoms with van der Waals surface area (Å²) in [5.41, 5.74) is 2.71. The molecule has 0 unspecified atom stereocenters. The Morgan fingerprint density at radius 3 is 2.12 bits per heavy atom. The van der Waals surface area contributed by atoms with Gasteiger partial charge in [0.15, 0.2) is 0 Å². The fourth-order valence-corrected chi connectivity index (χ4v) is 2.46. The maximum absolute atomic E-state index is 6.06. The first-order valence-corrected chi connectivity index (χ1v) is 6.46. The molecule has 0 aliphatic carbocycles. The van der Waals surface area contributed by atoms with Gasteiger partial charge in [-0.1, -0.05) is 45.0 Å². The summed E-state index contributed by atoms with van der Waals surface area (Å²) < 4.78 is 6.06. The Labute approximate surface area is 99.8 Å². The molecule has 1 rings (SSSR count). The second-order valence-corrected chi connectivity index (χ2v) is 4.15. The molecule has 0 atom stereocenters. The second-order valence-electron chi connectivity index (χ2n) is 4.15. The van der Waals surface area contributed by atoms with Gasteiger partial charge in [-0.05, 0) is 37.3 Å². The Hall–Kier alpha value is -0.820. The van der Waals surface area contributed by atoms with Crippen LogP contribution in [0.4, 0.5) is 0 Å². The Morgan fingerprint density at radius 1 is 1.00 bits per heavy atom. The summed E-state index contributed by atoms with van der Waals surface area (Å²) in [6.45, 7) is 9.49. The molecule has 0 saturated carbocycles. The summed E-state index contributed by atoms with van der Waals surface area (Å²) in [4.78, 5) is 0. The van der Waals surface area contributed by atoms with Crippen LogP contribution < -0.4 is 0 Å². The standard InChI is InChI=1S/C15H24O/c1-5-13-11-9-10-12-14(13)15(6-2,7-3)16-8-4/h9-12H,5-8H2,1-4H3. The van der Waals surface area contributed by atoms with Gasteiger partial charge in [-0.3, -0.25) is 0 Å². The SMILES string of the molecule is CCOC(CC)(CC)c1ccccc1CC. The van der Waals surface area contributed by atoms with Crippen LogP contribution in [0, 0.1) is 0 Å². The first-order chi connectivity index (χ1) is 7.74. The van der Waals surface area contributed by atoms with Crippen molar-refractivity contribution in [2.75, 3.05) is 6.61 Å². The van der Waals surface area contributed by atoms with Crippen LogP contribution in [0.3, 0.4) is 0 Å². The zero-order chi connectivity index (χ0) is 12.0. The van der Waals surface area contributed by atoms with Gasteiger partial charge in [0.05, 0.1) is 5.60 Å². The van der Waals surface area contributed by atoms with Gasteiger partial charge < -0.3 is 4.74 Å². The van der Waals surface area contributed by atoms with Gasteiger partial charge >= 0.3 is 0 Å². The van der Waals surface area contributed by atoms with E-state index in [1.165, 1.54) is 11.1 Å². The van der Waals surface area contributed by atoms with Crippen LogP contribution in [0.5, 0.6) is 0 Å². The van der Waals surface area contributed by atoms with Crippen molar-refractivity contribution in [3.63, 3.8) is 0 Å². The van der Waals surface area contributed by atoms with Crippen LogP contribution >= 0.6 is 0 Å². The lowest BCUT2D eigenvalue weighted by atomic mass is 9.84. The molecule has 0 aliphatic rings. The first-order valence-electron chi connectivity index (χ1n) is 6.46. The summed E-state index contributed by atoms with van der Waals surface area (Å²) in [6.07, 6.45) is 3.15. The molecule has 90 valence electrons. The molecule has 16 heavy (non-hydrogen) atoms. The lowest BCUT2D eigenvalue weighted by molar-refractivity contribution is -0.0511. The molecule has 1 aromatic rings. The normalized spacial score (nSPS) is 11.8. The van der Waals surface area contributed by atoms with Crippen LogP contribution in [0.1, 0.15) is 51.7 Å². The number of aryl methyl sites for hydroxylation is 1. The number of hydrogen-bond acceptors (Lipinski definition) is 1. The highest BCUT2D eigenvalue weighted by molar-refractivity contribution is 5.32. The molecule has 0 heterocycles. The summed E-state index contributed by atoms with van der Waals surface area (Å²) >= 11 is 0. The van der Waals surface area contributed by atoms with Crippen molar-refractivity contribution in [1.29, 1.82) is 0 Å². The minimum absolute atomic E-state index is 0.0820. The van der Waals surface area contributed by atoms with Crippen molar-refractivity contribution in [1.82, 2.24) is 0 Å². The summed E-state index contributed by atoms with van der Waals surface area (Å²) in [5.74, 6) is 0. The molecule has 1 nitrogen and oxygen atoms in total. The number of hydrogen-bond donors (Lipinski definition) is 0. The predicted molar refractivity (Wildman–Crippen MR) is 69.7 cm³/mol. The van der Waals surface area contributed by atoms with Gasteiger partial charge in [-0.15, -0.1) is 0 Å². The van der Waals surface area contributed by atoms with E-state index in [9.17, 15) is 0 Å². The van der Waals surface area contributed by atoms with Crippen LogP contribution in [0.25, 0.3) is 0 Å². The predicted octanol–water partition coefficient (Wildman–Crippen LogP) is 4.30. The fourth-order valence-electron chi connectivity index (χ4n) is 2.46. The van der Waals surface area contributed by atoms with Crippen molar-refractivity contribution in [2.24, 2.45) is 0 Å². The van der Waals surface area contributed by atoms with Crippen LogP contribution in [0.2, 0.25) is 0 Å². The fraction of sp³-hybridized carbons (Fsp3) is 0.600. The zero-order valence-electron chi connectivity index (χ0n) is 11.0. The van der Waals surface area contributed by atoms with Gasteiger partial charge in [-0.25, -0.2) is 0 Å². The van der Waals surface area contributed by atoms with Crippen LogP contribution in [-0.2, 0) is 16.8 Å². The van der Waals surface area contributed by atoms with E-state index in [0.29, 0.717) is 0 Å². The third-order valence-corrected chi connectivity index (χ3v) is 3.45. The third-order valence-electron chi connectivity index (χ3n) is 3.45. The van der Waals surface area contributed by atoms with Crippen molar-refractivity contribution in [3.05, 3.63) is 35.4 Å². The van der Waals surface area contributed by atoms with Gasteiger partial charge in [0.2, 0.25) is 0 Å². The summed E-state index contributed by atoms with van der Waals surface area (Å²) in [5, 5.41) is 0. The van der Waals surface area contributed by atoms with E-state index >= 15 is 0 Å². The highest BCUT2D eigenvalue weighted by atomic mass is 16.5. The molecule has 0 bridgehead atoms. The van der Waals surface area contributed by atoms with E-state index in [0.717, 1.165) is 25.9 Å². The number of rotatable bonds is 6. The average molecular weight is 220 g/mol. The van der Waals surface area contributed by atoms with Crippen LogP contribution in [-0.4, -0.2) is 6.61 Å². The van der Waals surface area contributed by atoms with Crippen molar-refractivity contribution < 1.29 is 4.74 Å². The van der Waals surface area contributed by atoms with Crippen molar-refractivity contribution in [2.45, 2.75) is 52.6 Å². The highest BCUT2D eigenvalue weighted by Crippen LogP contribution is 2.35. The molecule has 0 N–H and O–H groups in total. The Kier molecular flexibility index (Phi) is 5.01. The molecule has 1 aromatic carbocycles. The number of ether oxygens (including phenoxy) is 1. The molecule has 0 radical (unpaired) electrons. The monoisotopic (exact) mass is 220 g/mol. The van der Waals surface area contributed by atoms with E-state index in [-0.39, 0.29) is 5.60 Å². The van der Waals surface area contributed by atoms with E-state index in [4.69, 9.17) is 4.74 Å². The van der Waals surface area contributed by atoms with Gasteiger partial charge in [0, 0.05) is 6.61 Å². The Morgan fingerprint density at radius 2 is 1.62 bits per heavy atom. The molecular formula is C15H24O. The second kappa shape index (κ2) is 6.05. The van der Waals surface area contributed by atoms with Gasteiger partial charge in [0.1, 0.15) is 0 Å². The van der Waals surface area contributed by atoms with E-state index in [1.807, 2.05) is 0 Å². The minimum atomic E-state index is -0.0820. The Bertz CT molecular complexity index is 313. The molecule has 1 heteroatoms. The quantitative estimate of drug-likeness (QED) is 0.694. The third kappa shape index (κ3) is 2.46. The molecule has 0 amide bonds. The summed E-state index contributed by atoms with van der Waals surface area (Å²) in [7, 11) is 0. The highest BCUT2D eigenvalue weighted by Gasteiger charge is 2.30. The van der Waals surface area contributed by atoms with Gasteiger partial charge in [-0.2, -0.15) is 0 Å². The average Bonchev–Trinajstić information content (AvgIpc) is 2.36. The lowest BCUT2D eigenvalue weighted by Crippen LogP contribution is -2.29.